The van der Waals surface area contributed by atoms with Crippen molar-refractivity contribution in [1.82, 2.24) is 4.98 Å². The summed E-state index contributed by atoms with van der Waals surface area (Å²) in [6, 6.07) is 5.26. The van der Waals surface area contributed by atoms with Gasteiger partial charge in [-0.05, 0) is 63.1 Å². The molecule has 1 aromatic carbocycles. The highest BCUT2D eigenvalue weighted by molar-refractivity contribution is 6.50. The Hall–Kier alpha value is -1.79. The Labute approximate surface area is 179 Å². The monoisotopic (exact) mass is 428 g/mol. The molecule has 170 valence electrons. The Morgan fingerprint density at radius 1 is 0.900 bits per heavy atom. The fourth-order valence-corrected chi connectivity index (χ4v) is 4.05. The van der Waals surface area contributed by atoms with Gasteiger partial charge >= 0.3 is 7.25 Å². The molecule has 0 amide bonds. The minimum Gasteiger partial charge on any atom is -0.418 e. The molecule has 2 rings (SSSR count). The van der Waals surface area contributed by atoms with Crippen molar-refractivity contribution < 1.29 is 21.8 Å². The second kappa shape index (κ2) is 13.5. The molecule has 0 radical (unpaired) electrons. The van der Waals surface area contributed by atoms with Gasteiger partial charge in [-0.3, -0.25) is 4.98 Å². The summed E-state index contributed by atoms with van der Waals surface area (Å²) in [6.07, 6.45) is 18.3. The first kappa shape index (κ1) is 26.3. The molecule has 1 heterocycles. The summed E-state index contributed by atoms with van der Waals surface area (Å²) in [5.41, 5.74) is 5.84. The summed E-state index contributed by atoms with van der Waals surface area (Å²) in [6.45, 7) is 9.01. The van der Waals surface area contributed by atoms with E-state index >= 15 is 0 Å². The van der Waals surface area contributed by atoms with E-state index < -0.39 is 7.25 Å². The lowest BCUT2D eigenvalue weighted by Crippen LogP contribution is -2.37. The minimum atomic E-state index is -6.00. The Bertz CT molecular complexity index is 685. The molecule has 2 aromatic rings. The van der Waals surface area contributed by atoms with Crippen molar-refractivity contribution >= 4 is 7.25 Å². The Kier molecular flexibility index (Phi) is 11.8. The molecule has 0 aliphatic carbocycles. The molecule has 1 aromatic heterocycles. The second-order valence-electron chi connectivity index (χ2n) is 8.18. The Morgan fingerprint density at radius 2 is 1.47 bits per heavy atom. The predicted octanol–water partition coefficient (Wildman–Crippen LogP) is 7.45. The SMILES string of the molecule is CCCCCCCCC(CCc1c(C)cc(C)cc1C)[n+]1cc[nH]c1.F[B-](F)(F)F. The molecule has 0 aliphatic rings. The van der Waals surface area contributed by atoms with E-state index in [-0.39, 0.29) is 0 Å². The van der Waals surface area contributed by atoms with Gasteiger partial charge in [0, 0.05) is 0 Å². The summed E-state index contributed by atoms with van der Waals surface area (Å²) in [5.74, 6) is 0. The van der Waals surface area contributed by atoms with Crippen LogP contribution in [0.5, 0.6) is 0 Å². The van der Waals surface area contributed by atoms with Crippen LogP contribution >= 0.6 is 0 Å². The minimum absolute atomic E-state index is 0.609. The van der Waals surface area contributed by atoms with Gasteiger partial charge in [0.25, 0.3) is 0 Å². The average molecular weight is 428 g/mol. The summed E-state index contributed by atoms with van der Waals surface area (Å²) in [7, 11) is -6.00. The maximum Gasteiger partial charge on any atom is 0.673 e. The number of hydrogen-bond donors (Lipinski definition) is 1. The molecule has 0 saturated heterocycles. The van der Waals surface area contributed by atoms with Crippen LogP contribution in [0.1, 0.15) is 86.6 Å². The van der Waals surface area contributed by atoms with Crippen LogP contribution in [0.4, 0.5) is 17.3 Å². The van der Waals surface area contributed by atoms with Gasteiger partial charge in [0.05, 0.1) is 0 Å². The molecule has 0 fully saturated rings. The predicted molar refractivity (Wildman–Crippen MR) is 117 cm³/mol. The van der Waals surface area contributed by atoms with Crippen molar-refractivity contribution in [2.24, 2.45) is 0 Å². The molecular formula is C23H37BF4N2. The summed E-state index contributed by atoms with van der Waals surface area (Å²) >= 11 is 0. The maximum atomic E-state index is 9.75. The largest absolute Gasteiger partial charge is 0.673 e. The first-order chi connectivity index (χ1) is 14.1. The van der Waals surface area contributed by atoms with Gasteiger partial charge < -0.3 is 17.3 Å². The van der Waals surface area contributed by atoms with Gasteiger partial charge in [-0.25, -0.2) is 4.57 Å². The first-order valence-electron chi connectivity index (χ1n) is 11.1. The number of nitrogens with one attached hydrogen (secondary N) is 1. The summed E-state index contributed by atoms with van der Waals surface area (Å²) in [5, 5.41) is 0. The number of benzene rings is 1. The average Bonchev–Trinajstić information content (AvgIpc) is 3.15. The van der Waals surface area contributed by atoms with E-state index in [1.54, 1.807) is 5.56 Å². The third-order valence-electron chi connectivity index (χ3n) is 5.45. The van der Waals surface area contributed by atoms with Crippen molar-refractivity contribution in [1.29, 1.82) is 0 Å². The smallest absolute Gasteiger partial charge is 0.418 e. The summed E-state index contributed by atoms with van der Waals surface area (Å²) < 4.78 is 41.4. The number of unbranched alkanes of at least 4 members (excludes halogenated alkanes) is 5. The third kappa shape index (κ3) is 11.4. The van der Waals surface area contributed by atoms with E-state index in [1.807, 2.05) is 6.20 Å². The highest BCUT2D eigenvalue weighted by atomic mass is 19.5. The van der Waals surface area contributed by atoms with E-state index in [0.717, 1.165) is 0 Å². The van der Waals surface area contributed by atoms with Crippen LogP contribution in [-0.2, 0) is 6.42 Å². The standard InChI is InChI=1S/C23H36N2.BF4/c1-5-6-7-8-9-10-11-22(25-15-14-24-18-25)12-13-23-20(3)16-19(2)17-21(23)4;2-1(3,4)5/h14-18,22H,5-13H2,1-4H3;/q;-1/p+1. The van der Waals surface area contributed by atoms with E-state index in [0.29, 0.717) is 6.04 Å². The van der Waals surface area contributed by atoms with Crippen LogP contribution in [0.15, 0.2) is 30.9 Å². The topological polar surface area (TPSA) is 19.7 Å². The third-order valence-corrected chi connectivity index (χ3v) is 5.45. The lowest BCUT2D eigenvalue weighted by atomic mass is 9.93. The fraction of sp³-hybridized carbons (Fsp3) is 0.609. The second-order valence-corrected chi connectivity index (χ2v) is 8.18. The lowest BCUT2D eigenvalue weighted by Gasteiger charge is -2.16. The molecule has 2 nitrogen and oxygen atoms in total. The number of H-pyrrole nitrogens is 1. The molecule has 30 heavy (non-hydrogen) atoms. The molecular weight excluding hydrogens is 391 g/mol. The Morgan fingerprint density at radius 3 is 2.00 bits per heavy atom. The van der Waals surface area contributed by atoms with Crippen molar-refractivity contribution in [2.45, 2.75) is 91.5 Å². The van der Waals surface area contributed by atoms with E-state index in [1.165, 1.54) is 74.5 Å². The molecule has 0 spiro atoms. The quantitative estimate of drug-likeness (QED) is 0.166. The fourth-order valence-electron chi connectivity index (χ4n) is 4.05. The molecule has 1 atom stereocenters. The molecule has 1 unspecified atom stereocenters. The highest BCUT2D eigenvalue weighted by Crippen LogP contribution is 2.22. The Balaban J connectivity index is 0.000000804. The van der Waals surface area contributed by atoms with Gasteiger partial charge in [-0.1, -0.05) is 56.7 Å². The molecule has 0 bridgehead atoms. The molecule has 7 heteroatoms. The van der Waals surface area contributed by atoms with Crippen molar-refractivity contribution in [3.05, 3.63) is 53.1 Å². The van der Waals surface area contributed by atoms with Crippen LogP contribution in [-0.4, -0.2) is 12.2 Å². The van der Waals surface area contributed by atoms with Crippen LogP contribution in [0.3, 0.4) is 0 Å². The van der Waals surface area contributed by atoms with Crippen LogP contribution in [0, 0.1) is 20.8 Å². The number of aryl methyl sites for hydroxylation is 3. The van der Waals surface area contributed by atoms with E-state index in [4.69, 9.17) is 0 Å². The highest BCUT2D eigenvalue weighted by Gasteiger charge is 2.20. The van der Waals surface area contributed by atoms with Crippen LogP contribution in [0.25, 0.3) is 0 Å². The van der Waals surface area contributed by atoms with Gasteiger partial charge in [0.1, 0.15) is 18.4 Å². The van der Waals surface area contributed by atoms with Gasteiger partial charge in [-0.15, -0.1) is 0 Å². The zero-order chi connectivity index (χ0) is 22.6. The first-order valence-corrected chi connectivity index (χ1v) is 11.1. The number of hydrogen-bond acceptors (Lipinski definition) is 0. The van der Waals surface area contributed by atoms with E-state index in [2.05, 4.69) is 61.9 Å². The van der Waals surface area contributed by atoms with Crippen LogP contribution < -0.4 is 4.57 Å². The molecule has 0 aliphatic heterocycles. The van der Waals surface area contributed by atoms with Gasteiger partial charge in [0.15, 0.2) is 0 Å². The molecule has 0 saturated carbocycles. The number of aromatic nitrogens is 2. The maximum absolute atomic E-state index is 9.75. The van der Waals surface area contributed by atoms with Crippen LogP contribution in [0.2, 0.25) is 0 Å². The lowest BCUT2D eigenvalue weighted by molar-refractivity contribution is -0.723. The number of halogens is 4. The number of aromatic amines is 1. The van der Waals surface area contributed by atoms with Crippen molar-refractivity contribution in [3.63, 3.8) is 0 Å². The number of imidazole rings is 1. The zero-order valence-corrected chi connectivity index (χ0v) is 18.9. The number of rotatable bonds is 11. The summed E-state index contributed by atoms with van der Waals surface area (Å²) in [4.78, 5) is 3.22. The zero-order valence-electron chi connectivity index (χ0n) is 18.9. The normalized spacial score (nSPS) is 12.4. The van der Waals surface area contributed by atoms with E-state index in [9.17, 15) is 17.3 Å². The van der Waals surface area contributed by atoms with Gasteiger partial charge in [-0.2, -0.15) is 0 Å². The number of nitrogens with zero attached hydrogens (tertiary/aromatic N) is 1. The molecule has 1 N–H and O–H groups in total. The van der Waals surface area contributed by atoms with Crippen molar-refractivity contribution in [3.8, 4) is 0 Å². The van der Waals surface area contributed by atoms with Crippen molar-refractivity contribution in [2.75, 3.05) is 0 Å². The van der Waals surface area contributed by atoms with Gasteiger partial charge in [0.2, 0.25) is 6.33 Å².